The molecule has 1 aliphatic carbocycles. The number of nitrogens with zero attached hydrogens (tertiary/aromatic N) is 1. The number of hydrogen-bond donors (Lipinski definition) is 1. The van der Waals surface area contributed by atoms with E-state index in [4.69, 9.17) is 5.21 Å². The van der Waals surface area contributed by atoms with Crippen molar-refractivity contribution < 1.29 is 27.1 Å². The Morgan fingerprint density at radius 3 is 2.67 bits per heavy atom. The van der Waals surface area contributed by atoms with Crippen molar-refractivity contribution in [3.63, 3.8) is 0 Å². The molecule has 0 saturated heterocycles. The molecule has 3 nitrogen and oxygen atoms in total. The quantitative estimate of drug-likeness (QED) is 0.429. The summed E-state index contributed by atoms with van der Waals surface area (Å²) < 4.78 is 0. The van der Waals surface area contributed by atoms with Crippen LogP contribution in [0, 0.1) is 6.92 Å². The number of carbonyl (C=O) groups is 1. The molecule has 0 fully saturated rings. The fourth-order valence-corrected chi connectivity index (χ4v) is 1.52. The maximum atomic E-state index is 11.3. The minimum atomic E-state index is -0.260. The van der Waals surface area contributed by atoms with Gasteiger partial charge in [0.15, 0.2) is 5.71 Å². The van der Waals surface area contributed by atoms with Gasteiger partial charge in [-0.15, -0.1) is 0 Å². The molecule has 1 N–H and O–H groups in total. The van der Waals surface area contributed by atoms with Crippen molar-refractivity contribution in [3.8, 4) is 0 Å². The summed E-state index contributed by atoms with van der Waals surface area (Å²) in [5.74, 6) is -0.260. The molecule has 1 aliphatic rings. The van der Waals surface area contributed by atoms with Gasteiger partial charge in [-0.1, -0.05) is 35.0 Å². The van der Waals surface area contributed by atoms with Crippen LogP contribution in [0.1, 0.15) is 16.7 Å². The molecule has 0 spiro atoms. The van der Waals surface area contributed by atoms with Crippen molar-refractivity contribution in [1.29, 1.82) is 0 Å². The number of carbonyl (C=O) groups excluding carboxylic acids is 1. The van der Waals surface area contributed by atoms with Gasteiger partial charge in [-0.2, -0.15) is 0 Å². The Balaban J connectivity index is 0.00000112. The van der Waals surface area contributed by atoms with Gasteiger partial charge < -0.3 is 5.21 Å². The number of ketones is 1. The Kier molecular flexibility index (Phi) is 3.45. The second-order valence-electron chi connectivity index (χ2n) is 3.24. The van der Waals surface area contributed by atoms with E-state index in [1.807, 2.05) is 19.1 Å². The molecular formula is C11H9FeNO2. The first-order valence-corrected chi connectivity index (χ1v) is 4.28. The molecule has 78 valence electrons. The van der Waals surface area contributed by atoms with Crippen molar-refractivity contribution in [2.24, 2.45) is 5.16 Å². The van der Waals surface area contributed by atoms with Gasteiger partial charge in [-0.05, 0) is 18.6 Å². The molecule has 15 heavy (non-hydrogen) atoms. The van der Waals surface area contributed by atoms with Crippen LogP contribution in [0.25, 0.3) is 6.08 Å². The summed E-state index contributed by atoms with van der Waals surface area (Å²) in [5, 5.41) is 11.7. The summed E-state index contributed by atoms with van der Waals surface area (Å²) in [7, 11) is 0. The van der Waals surface area contributed by atoms with Gasteiger partial charge in [0.2, 0.25) is 5.78 Å². The predicted molar refractivity (Wildman–Crippen MR) is 53.5 cm³/mol. The van der Waals surface area contributed by atoms with Gasteiger partial charge in [0.1, 0.15) is 0 Å². The maximum Gasteiger partial charge on any atom is 0.208 e. The van der Waals surface area contributed by atoms with Gasteiger partial charge in [-0.3, -0.25) is 4.79 Å². The molecule has 0 amide bonds. The molecule has 0 aliphatic heterocycles. The van der Waals surface area contributed by atoms with Crippen molar-refractivity contribution >= 4 is 17.6 Å². The molecule has 0 radical (unpaired) electrons. The van der Waals surface area contributed by atoms with Crippen molar-refractivity contribution in [1.82, 2.24) is 0 Å². The van der Waals surface area contributed by atoms with E-state index in [1.165, 1.54) is 6.08 Å². The largest absolute Gasteiger partial charge is 0.410 e. The first kappa shape index (κ1) is 11.7. The molecule has 0 unspecified atom stereocenters. The maximum absolute atomic E-state index is 11.3. The topological polar surface area (TPSA) is 49.7 Å². The minimum absolute atomic E-state index is 0. The summed E-state index contributed by atoms with van der Waals surface area (Å²) >= 11 is 0. The molecule has 0 atom stereocenters. The monoisotopic (exact) mass is 243 g/mol. The fourth-order valence-electron chi connectivity index (χ4n) is 1.52. The number of fused-ring (bicyclic) bond motifs is 1. The average Bonchev–Trinajstić information content (AvgIpc) is 2.18. The molecule has 1 aromatic carbocycles. The van der Waals surface area contributed by atoms with E-state index in [2.05, 4.69) is 5.16 Å². The summed E-state index contributed by atoms with van der Waals surface area (Å²) in [5.41, 5.74) is 2.82. The van der Waals surface area contributed by atoms with Crippen LogP contribution in [0.5, 0.6) is 0 Å². The first-order valence-electron chi connectivity index (χ1n) is 4.28. The number of hydrogen-bond acceptors (Lipinski definition) is 3. The minimum Gasteiger partial charge on any atom is -0.410 e. The van der Waals surface area contributed by atoms with Crippen LogP contribution in [0.2, 0.25) is 0 Å². The van der Waals surface area contributed by atoms with E-state index in [0.29, 0.717) is 5.56 Å². The van der Waals surface area contributed by atoms with Crippen molar-refractivity contribution in [3.05, 3.63) is 41.0 Å². The molecule has 4 heteroatoms. The van der Waals surface area contributed by atoms with Gasteiger partial charge in [0.25, 0.3) is 0 Å². The normalized spacial score (nSPS) is 16.1. The van der Waals surface area contributed by atoms with E-state index in [1.54, 1.807) is 12.1 Å². The summed E-state index contributed by atoms with van der Waals surface area (Å²) in [4.78, 5) is 11.3. The first-order chi connectivity index (χ1) is 6.72. The third kappa shape index (κ3) is 2.01. The van der Waals surface area contributed by atoms with Gasteiger partial charge in [-0.25, -0.2) is 0 Å². The second-order valence-corrected chi connectivity index (χ2v) is 3.24. The molecule has 2 rings (SSSR count). The van der Waals surface area contributed by atoms with Crippen molar-refractivity contribution in [2.75, 3.05) is 0 Å². The van der Waals surface area contributed by atoms with Crippen LogP contribution in [0.3, 0.4) is 0 Å². The van der Waals surface area contributed by atoms with Gasteiger partial charge in [0, 0.05) is 22.6 Å². The van der Waals surface area contributed by atoms with Crippen LogP contribution in [0.4, 0.5) is 0 Å². The van der Waals surface area contributed by atoms with Crippen LogP contribution < -0.4 is 0 Å². The zero-order valence-electron chi connectivity index (χ0n) is 8.04. The SMILES string of the molecule is Cc1ccc2c(c1)C=CC(=O)C2=NO.[Fe]. The average molecular weight is 243 g/mol. The molecule has 0 aromatic heterocycles. The number of benzene rings is 1. The fraction of sp³-hybridized carbons (Fsp3) is 0.0909. The molecular weight excluding hydrogens is 234 g/mol. The van der Waals surface area contributed by atoms with Gasteiger partial charge >= 0.3 is 0 Å². The van der Waals surface area contributed by atoms with E-state index < -0.39 is 0 Å². The Labute approximate surface area is 98.0 Å². The smallest absolute Gasteiger partial charge is 0.208 e. The van der Waals surface area contributed by atoms with Crippen LogP contribution >= 0.6 is 0 Å². The Hall–Kier alpha value is -1.38. The number of aryl methyl sites for hydroxylation is 1. The van der Waals surface area contributed by atoms with Crippen molar-refractivity contribution in [2.45, 2.75) is 6.92 Å². The van der Waals surface area contributed by atoms with Crippen LogP contribution in [0.15, 0.2) is 29.4 Å². The summed E-state index contributed by atoms with van der Waals surface area (Å²) in [6.45, 7) is 1.97. The third-order valence-electron chi connectivity index (χ3n) is 2.21. The zero-order valence-corrected chi connectivity index (χ0v) is 9.15. The van der Waals surface area contributed by atoms with E-state index in [0.717, 1.165) is 11.1 Å². The Morgan fingerprint density at radius 1 is 1.27 bits per heavy atom. The van der Waals surface area contributed by atoms with E-state index in [-0.39, 0.29) is 28.6 Å². The number of oxime groups is 1. The molecule has 0 saturated carbocycles. The second kappa shape index (κ2) is 4.43. The third-order valence-corrected chi connectivity index (χ3v) is 2.21. The van der Waals surface area contributed by atoms with E-state index in [9.17, 15) is 4.79 Å². The Morgan fingerprint density at radius 2 is 2.00 bits per heavy atom. The zero-order chi connectivity index (χ0) is 10.1. The van der Waals surface area contributed by atoms with Crippen LogP contribution in [-0.2, 0) is 21.9 Å². The standard InChI is InChI=1S/C11H9NO2.Fe/c1-7-2-4-9-8(6-7)3-5-10(13)11(9)12-14;/h2-6,14H,1H3;. The van der Waals surface area contributed by atoms with Gasteiger partial charge in [0.05, 0.1) is 0 Å². The molecule has 0 heterocycles. The number of allylic oxidation sites excluding steroid dienone is 1. The molecule has 1 aromatic rings. The summed E-state index contributed by atoms with van der Waals surface area (Å²) in [6, 6.07) is 5.63. The predicted octanol–water partition coefficient (Wildman–Crippen LogP) is 1.77. The molecule has 0 bridgehead atoms. The summed E-state index contributed by atoms with van der Waals surface area (Å²) in [6.07, 6.45) is 3.15. The van der Waals surface area contributed by atoms with Crippen LogP contribution in [-0.4, -0.2) is 16.7 Å². The van der Waals surface area contributed by atoms with E-state index >= 15 is 0 Å². The Bertz CT molecular complexity index is 464. The number of rotatable bonds is 0.